The molecule has 5 nitrogen and oxygen atoms in total. The Hall–Kier alpha value is -2.13. The van der Waals surface area contributed by atoms with Gasteiger partial charge in [0, 0.05) is 7.05 Å². The molecule has 0 bridgehead atoms. The normalized spacial score (nSPS) is 9.94. The molecule has 0 saturated heterocycles. The highest BCUT2D eigenvalue weighted by Crippen LogP contribution is 2.23. The maximum absolute atomic E-state index is 12.0. The van der Waals surface area contributed by atoms with Crippen LogP contribution in [0.25, 0.3) is 0 Å². The Kier molecular flexibility index (Phi) is 2.93. The van der Waals surface area contributed by atoms with E-state index in [-0.39, 0.29) is 5.91 Å². The number of amides is 1. The van der Waals surface area contributed by atoms with E-state index < -0.39 is 0 Å². The lowest BCUT2D eigenvalue weighted by atomic mass is 10.2. The minimum Gasteiger partial charge on any atom is -0.311 e. The highest BCUT2D eigenvalue weighted by Gasteiger charge is 2.16. The largest absolute Gasteiger partial charge is 0.311 e. The van der Waals surface area contributed by atoms with Crippen molar-refractivity contribution in [1.29, 1.82) is 5.26 Å². The topological polar surface area (TPSA) is 70.7 Å². The van der Waals surface area contributed by atoms with Crippen LogP contribution in [0.4, 0.5) is 5.00 Å². The van der Waals surface area contributed by atoms with Gasteiger partial charge in [-0.1, -0.05) is 0 Å². The lowest BCUT2D eigenvalue weighted by Crippen LogP contribution is -2.17. The number of anilines is 1. The van der Waals surface area contributed by atoms with Crippen LogP contribution in [0.3, 0.4) is 0 Å². The van der Waals surface area contributed by atoms with Crippen LogP contribution in [0, 0.1) is 18.3 Å². The second-order valence-electron chi connectivity index (χ2n) is 3.53. The summed E-state index contributed by atoms with van der Waals surface area (Å²) < 4.78 is 1.52. The number of aryl methyl sites for hydroxylation is 2. The van der Waals surface area contributed by atoms with E-state index in [1.165, 1.54) is 16.0 Å². The molecule has 0 saturated carbocycles. The van der Waals surface area contributed by atoms with Gasteiger partial charge in [-0.2, -0.15) is 10.4 Å². The van der Waals surface area contributed by atoms with Crippen LogP contribution < -0.4 is 5.32 Å². The number of nitrogens with zero attached hydrogens (tertiary/aromatic N) is 3. The van der Waals surface area contributed by atoms with Gasteiger partial charge >= 0.3 is 0 Å². The molecule has 0 fully saturated rings. The monoisotopic (exact) mass is 246 g/mol. The molecule has 2 aromatic rings. The van der Waals surface area contributed by atoms with Crippen molar-refractivity contribution in [1.82, 2.24) is 9.78 Å². The Labute approximate surface area is 102 Å². The van der Waals surface area contributed by atoms with Crippen molar-refractivity contribution in [3.8, 4) is 6.07 Å². The molecule has 0 spiro atoms. The summed E-state index contributed by atoms with van der Waals surface area (Å²) in [5.41, 5.74) is 1.78. The average molecular weight is 246 g/mol. The van der Waals surface area contributed by atoms with Gasteiger partial charge in [-0.3, -0.25) is 9.48 Å². The Morgan fingerprint density at radius 3 is 3.00 bits per heavy atom. The van der Waals surface area contributed by atoms with Crippen LogP contribution in [-0.4, -0.2) is 15.7 Å². The second kappa shape index (κ2) is 4.39. The number of carbonyl (C=O) groups is 1. The summed E-state index contributed by atoms with van der Waals surface area (Å²) in [7, 11) is 1.71. The zero-order valence-corrected chi connectivity index (χ0v) is 10.2. The third kappa shape index (κ3) is 2.05. The Morgan fingerprint density at radius 1 is 1.65 bits per heavy atom. The summed E-state index contributed by atoms with van der Waals surface area (Å²) in [6.07, 6.45) is 1.63. The van der Waals surface area contributed by atoms with Crippen molar-refractivity contribution in [2.75, 3.05) is 5.32 Å². The lowest BCUT2D eigenvalue weighted by Gasteiger charge is -2.04. The first-order chi connectivity index (χ1) is 8.13. The molecular formula is C11H10N4OS. The van der Waals surface area contributed by atoms with Gasteiger partial charge in [-0.15, -0.1) is 11.3 Å². The number of rotatable bonds is 2. The Bertz CT molecular complexity index is 586. The molecular weight excluding hydrogens is 236 g/mol. The van der Waals surface area contributed by atoms with Gasteiger partial charge in [0.15, 0.2) is 0 Å². The maximum Gasteiger partial charge on any atom is 0.274 e. The van der Waals surface area contributed by atoms with Crippen LogP contribution in [-0.2, 0) is 7.05 Å². The molecule has 0 aliphatic heterocycles. The highest BCUT2D eigenvalue weighted by atomic mass is 32.1. The van der Waals surface area contributed by atoms with E-state index in [1.807, 2.05) is 13.0 Å². The average Bonchev–Trinajstić information content (AvgIpc) is 2.85. The molecule has 0 aromatic carbocycles. The number of hydrogen-bond donors (Lipinski definition) is 1. The van der Waals surface area contributed by atoms with E-state index in [0.717, 1.165) is 5.56 Å². The van der Waals surface area contributed by atoms with E-state index >= 15 is 0 Å². The molecule has 2 aromatic heterocycles. The molecule has 0 atom stereocenters. The van der Waals surface area contributed by atoms with Crippen molar-refractivity contribution in [2.45, 2.75) is 6.92 Å². The third-order valence-corrected chi connectivity index (χ3v) is 3.18. The van der Waals surface area contributed by atoms with Crippen molar-refractivity contribution in [3.05, 3.63) is 34.5 Å². The van der Waals surface area contributed by atoms with Crippen LogP contribution in [0.1, 0.15) is 21.6 Å². The van der Waals surface area contributed by atoms with Gasteiger partial charge in [0.1, 0.15) is 16.8 Å². The molecule has 6 heteroatoms. The number of aromatic nitrogens is 2. The molecule has 86 valence electrons. The summed E-state index contributed by atoms with van der Waals surface area (Å²) >= 11 is 1.33. The number of nitriles is 1. The number of thiophene rings is 1. The molecule has 0 radical (unpaired) electrons. The molecule has 1 amide bonds. The van der Waals surface area contributed by atoms with Crippen LogP contribution in [0.5, 0.6) is 0 Å². The molecule has 2 heterocycles. The Morgan fingerprint density at radius 2 is 2.41 bits per heavy atom. The van der Waals surface area contributed by atoms with E-state index in [4.69, 9.17) is 5.26 Å². The molecule has 0 aliphatic rings. The minimum absolute atomic E-state index is 0.249. The number of carbonyl (C=O) groups excluding carboxylic acids is 1. The van der Waals surface area contributed by atoms with Crippen molar-refractivity contribution in [3.63, 3.8) is 0 Å². The molecule has 2 rings (SSSR count). The van der Waals surface area contributed by atoms with Gasteiger partial charge in [0.05, 0.1) is 11.8 Å². The van der Waals surface area contributed by atoms with Gasteiger partial charge in [-0.05, 0) is 23.9 Å². The first kappa shape index (κ1) is 11.4. The zero-order chi connectivity index (χ0) is 12.4. The third-order valence-electron chi connectivity index (χ3n) is 2.35. The summed E-state index contributed by atoms with van der Waals surface area (Å²) in [6.45, 7) is 1.82. The number of hydrogen-bond acceptors (Lipinski definition) is 4. The molecule has 1 N–H and O–H groups in total. The summed E-state index contributed by atoms with van der Waals surface area (Å²) in [6, 6.07) is 3.71. The predicted octanol–water partition coefficient (Wildman–Crippen LogP) is 1.91. The summed E-state index contributed by atoms with van der Waals surface area (Å²) in [4.78, 5) is 12.0. The Balaban J connectivity index is 2.27. The SMILES string of the molecule is Cc1cnn(C)c1C(=O)Nc1sccc1C#N. The highest BCUT2D eigenvalue weighted by molar-refractivity contribution is 7.14. The van der Waals surface area contributed by atoms with Crippen LogP contribution >= 0.6 is 11.3 Å². The van der Waals surface area contributed by atoms with Crippen LogP contribution in [0.15, 0.2) is 17.6 Å². The fourth-order valence-electron chi connectivity index (χ4n) is 1.53. The van der Waals surface area contributed by atoms with Gasteiger partial charge < -0.3 is 5.32 Å². The van der Waals surface area contributed by atoms with Crippen molar-refractivity contribution < 1.29 is 4.79 Å². The minimum atomic E-state index is -0.249. The standard InChI is InChI=1S/C11H10N4OS/c1-7-6-13-15(2)9(7)10(16)14-11-8(5-12)3-4-17-11/h3-4,6H,1-2H3,(H,14,16). The predicted molar refractivity (Wildman–Crippen MR) is 64.9 cm³/mol. The van der Waals surface area contributed by atoms with Gasteiger partial charge in [-0.25, -0.2) is 0 Å². The zero-order valence-electron chi connectivity index (χ0n) is 9.39. The fourth-order valence-corrected chi connectivity index (χ4v) is 2.26. The van der Waals surface area contributed by atoms with E-state index in [9.17, 15) is 4.79 Å². The molecule has 17 heavy (non-hydrogen) atoms. The first-order valence-corrected chi connectivity index (χ1v) is 5.79. The lowest BCUT2D eigenvalue weighted by molar-refractivity contribution is 0.101. The van der Waals surface area contributed by atoms with Gasteiger partial charge in [0.2, 0.25) is 0 Å². The van der Waals surface area contributed by atoms with E-state index in [2.05, 4.69) is 10.4 Å². The maximum atomic E-state index is 12.0. The molecule has 0 aliphatic carbocycles. The summed E-state index contributed by atoms with van der Waals surface area (Å²) in [5, 5.41) is 17.9. The van der Waals surface area contributed by atoms with Crippen molar-refractivity contribution in [2.24, 2.45) is 7.05 Å². The fraction of sp³-hybridized carbons (Fsp3) is 0.182. The quantitative estimate of drug-likeness (QED) is 0.879. The van der Waals surface area contributed by atoms with Crippen molar-refractivity contribution >= 4 is 22.2 Å². The van der Waals surface area contributed by atoms with E-state index in [1.54, 1.807) is 24.7 Å². The van der Waals surface area contributed by atoms with E-state index in [0.29, 0.717) is 16.3 Å². The first-order valence-electron chi connectivity index (χ1n) is 4.91. The summed E-state index contributed by atoms with van der Waals surface area (Å²) in [5.74, 6) is -0.249. The molecule has 0 unspecified atom stereocenters. The van der Waals surface area contributed by atoms with Gasteiger partial charge in [0.25, 0.3) is 5.91 Å². The second-order valence-corrected chi connectivity index (χ2v) is 4.45. The smallest absolute Gasteiger partial charge is 0.274 e. The van der Waals surface area contributed by atoms with Crippen LogP contribution in [0.2, 0.25) is 0 Å². The number of nitrogens with one attached hydrogen (secondary N) is 1.